The van der Waals surface area contributed by atoms with E-state index in [1.807, 2.05) is 11.8 Å². The maximum absolute atomic E-state index is 3.68. The van der Waals surface area contributed by atoms with Crippen LogP contribution in [0.4, 0.5) is 0 Å². The molecule has 1 nitrogen and oxygen atoms in total. The zero-order chi connectivity index (χ0) is 12.1. The van der Waals surface area contributed by atoms with Gasteiger partial charge in [-0.3, -0.25) is 0 Å². The van der Waals surface area contributed by atoms with Crippen molar-refractivity contribution in [3.8, 4) is 0 Å². The van der Waals surface area contributed by atoms with Crippen LogP contribution in [0, 0.1) is 5.92 Å². The average Bonchev–Trinajstić information content (AvgIpc) is 2.12. The van der Waals surface area contributed by atoms with Crippen LogP contribution in [-0.4, -0.2) is 22.6 Å². The Balaban J connectivity index is 3.78. The fourth-order valence-electron chi connectivity index (χ4n) is 1.39. The maximum Gasteiger partial charge on any atom is 0.0132 e. The Hall–Kier alpha value is 0.310. The normalized spacial score (nSPS) is 18.6. The molecule has 0 aliphatic carbocycles. The minimum absolute atomic E-state index is 0.384. The summed E-state index contributed by atoms with van der Waals surface area (Å²) in [6, 6.07) is 1.24. The van der Waals surface area contributed by atoms with Crippen molar-refractivity contribution in [3.05, 3.63) is 0 Å². The molecule has 0 aliphatic rings. The Morgan fingerprint density at radius 1 is 1.13 bits per heavy atom. The van der Waals surface area contributed by atoms with Crippen molar-refractivity contribution in [1.29, 1.82) is 0 Å². The maximum atomic E-state index is 3.68. The number of hydrogen-bond donors (Lipinski definition) is 1. The van der Waals surface area contributed by atoms with Gasteiger partial charge >= 0.3 is 0 Å². The molecular weight excluding hydrogens is 202 g/mol. The van der Waals surface area contributed by atoms with Crippen LogP contribution >= 0.6 is 11.8 Å². The molecule has 0 aromatic heterocycles. The third-order valence-electron chi connectivity index (χ3n) is 2.81. The fraction of sp³-hybridized carbons (Fsp3) is 1.00. The van der Waals surface area contributed by atoms with Crippen LogP contribution in [0.2, 0.25) is 0 Å². The molecule has 0 saturated carbocycles. The Morgan fingerprint density at radius 2 is 1.67 bits per heavy atom. The smallest absolute Gasteiger partial charge is 0.0132 e. The minimum Gasteiger partial charge on any atom is -0.311 e. The molecule has 0 aromatic carbocycles. The van der Waals surface area contributed by atoms with Crippen molar-refractivity contribution in [2.24, 2.45) is 5.92 Å². The molecule has 2 heteroatoms. The lowest BCUT2D eigenvalue weighted by Gasteiger charge is -2.26. The summed E-state index contributed by atoms with van der Waals surface area (Å²) in [5.74, 6) is 1.97. The van der Waals surface area contributed by atoms with E-state index in [0.29, 0.717) is 16.8 Å². The molecule has 0 heterocycles. The first-order valence-corrected chi connectivity index (χ1v) is 7.14. The molecule has 0 fully saturated rings. The van der Waals surface area contributed by atoms with E-state index >= 15 is 0 Å². The van der Waals surface area contributed by atoms with Gasteiger partial charge in [0.2, 0.25) is 0 Å². The van der Waals surface area contributed by atoms with Gasteiger partial charge in [-0.1, -0.05) is 41.0 Å². The molecule has 0 bridgehead atoms. The Morgan fingerprint density at radius 3 is 2.07 bits per heavy atom. The predicted molar refractivity (Wildman–Crippen MR) is 73.7 cm³/mol. The summed E-state index contributed by atoms with van der Waals surface area (Å²) < 4.78 is 0.384. The fourth-order valence-corrected chi connectivity index (χ4v) is 2.24. The highest BCUT2D eigenvalue weighted by Crippen LogP contribution is 2.23. The third kappa shape index (κ3) is 8.15. The van der Waals surface area contributed by atoms with Crippen molar-refractivity contribution in [3.63, 3.8) is 0 Å². The number of rotatable bonds is 6. The van der Waals surface area contributed by atoms with Gasteiger partial charge < -0.3 is 5.32 Å². The molecule has 0 aromatic rings. The first kappa shape index (κ1) is 15.3. The minimum atomic E-state index is 0.384. The van der Waals surface area contributed by atoms with E-state index in [2.05, 4.69) is 53.8 Å². The zero-order valence-electron chi connectivity index (χ0n) is 11.6. The second-order valence-electron chi connectivity index (χ2n) is 5.67. The monoisotopic (exact) mass is 231 g/mol. The highest BCUT2D eigenvalue weighted by atomic mass is 32.2. The van der Waals surface area contributed by atoms with Crippen LogP contribution in [0.25, 0.3) is 0 Å². The summed E-state index contributed by atoms with van der Waals surface area (Å²) in [6.45, 7) is 16.0. The van der Waals surface area contributed by atoms with Gasteiger partial charge in [0.25, 0.3) is 0 Å². The van der Waals surface area contributed by atoms with Gasteiger partial charge in [-0.25, -0.2) is 0 Å². The second kappa shape index (κ2) is 6.80. The summed E-state index contributed by atoms with van der Waals surface area (Å²) in [5, 5.41) is 3.68. The molecule has 0 radical (unpaired) electrons. The number of hydrogen-bond acceptors (Lipinski definition) is 2. The molecule has 0 saturated heterocycles. The van der Waals surface area contributed by atoms with Crippen LogP contribution in [0.5, 0.6) is 0 Å². The highest BCUT2D eigenvalue weighted by molar-refractivity contribution is 8.00. The molecule has 3 atom stereocenters. The van der Waals surface area contributed by atoms with E-state index in [4.69, 9.17) is 0 Å². The largest absolute Gasteiger partial charge is 0.311 e. The van der Waals surface area contributed by atoms with Crippen molar-refractivity contribution in [2.45, 2.75) is 71.7 Å². The van der Waals surface area contributed by atoms with Crippen LogP contribution in [-0.2, 0) is 0 Å². The van der Waals surface area contributed by atoms with E-state index in [0.717, 1.165) is 5.92 Å². The quantitative estimate of drug-likeness (QED) is 0.743. The van der Waals surface area contributed by atoms with Crippen molar-refractivity contribution < 1.29 is 0 Å². The summed E-state index contributed by atoms with van der Waals surface area (Å²) in [4.78, 5) is 0. The molecule has 0 rings (SSSR count). The van der Waals surface area contributed by atoms with E-state index in [1.165, 1.54) is 12.2 Å². The predicted octanol–water partition coefficient (Wildman–Crippen LogP) is 3.93. The topological polar surface area (TPSA) is 12.0 Å². The van der Waals surface area contributed by atoms with Gasteiger partial charge in [-0.2, -0.15) is 11.8 Å². The van der Waals surface area contributed by atoms with Gasteiger partial charge in [0, 0.05) is 22.6 Å². The summed E-state index contributed by atoms with van der Waals surface area (Å²) >= 11 is 2.04. The van der Waals surface area contributed by atoms with Crippen LogP contribution in [0.15, 0.2) is 0 Å². The van der Waals surface area contributed by atoms with E-state index in [1.54, 1.807) is 0 Å². The lowest BCUT2D eigenvalue weighted by Crippen LogP contribution is -2.40. The lowest BCUT2D eigenvalue weighted by atomic mass is 10.0. The Labute approximate surface area is 101 Å². The number of thioether (sulfide) groups is 1. The summed E-state index contributed by atoms with van der Waals surface area (Å²) in [7, 11) is 0. The van der Waals surface area contributed by atoms with Gasteiger partial charge in [-0.15, -0.1) is 0 Å². The first-order valence-electron chi connectivity index (χ1n) is 6.16. The van der Waals surface area contributed by atoms with Gasteiger partial charge in [0.05, 0.1) is 0 Å². The van der Waals surface area contributed by atoms with Gasteiger partial charge in [-0.05, 0) is 19.8 Å². The van der Waals surface area contributed by atoms with Crippen LogP contribution in [0.3, 0.4) is 0 Å². The van der Waals surface area contributed by atoms with Gasteiger partial charge in [0.15, 0.2) is 0 Å². The summed E-state index contributed by atoms with van der Waals surface area (Å²) in [6.07, 6.45) is 1.26. The first-order chi connectivity index (χ1) is 6.76. The lowest BCUT2D eigenvalue weighted by molar-refractivity contribution is 0.367. The molecule has 92 valence electrons. The summed E-state index contributed by atoms with van der Waals surface area (Å²) in [5.41, 5.74) is 0. The second-order valence-corrected chi connectivity index (χ2v) is 7.51. The van der Waals surface area contributed by atoms with Crippen molar-refractivity contribution in [1.82, 2.24) is 5.32 Å². The SMILES string of the molecule is CCC(C)C(C)NC(C)CSC(C)(C)C. The number of nitrogens with one attached hydrogen (secondary N) is 1. The molecule has 3 unspecified atom stereocenters. The van der Waals surface area contributed by atoms with E-state index in [9.17, 15) is 0 Å². The van der Waals surface area contributed by atoms with E-state index < -0.39 is 0 Å². The average molecular weight is 231 g/mol. The zero-order valence-corrected chi connectivity index (χ0v) is 12.4. The van der Waals surface area contributed by atoms with Crippen molar-refractivity contribution in [2.75, 3.05) is 5.75 Å². The van der Waals surface area contributed by atoms with Crippen LogP contribution < -0.4 is 5.32 Å². The molecule has 15 heavy (non-hydrogen) atoms. The molecule has 0 spiro atoms. The molecule has 0 aliphatic heterocycles. The Kier molecular flexibility index (Phi) is 6.94. The van der Waals surface area contributed by atoms with Gasteiger partial charge in [0.1, 0.15) is 0 Å². The van der Waals surface area contributed by atoms with E-state index in [-0.39, 0.29) is 0 Å². The Bertz CT molecular complexity index is 162. The standard InChI is InChI=1S/C13H29NS/c1-8-10(2)12(4)14-11(3)9-15-13(5,6)7/h10-12,14H,8-9H2,1-7H3. The highest BCUT2D eigenvalue weighted by Gasteiger charge is 2.16. The third-order valence-corrected chi connectivity index (χ3v) is 4.34. The molecule has 0 amide bonds. The molecular formula is C13H29NS. The molecule has 1 N–H and O–H groups in total. The van der Waals surface area contributed by atoms with Crippen LogP contribution in [0.1, 0.15) is 54.9 Å². The van der Waals surface area contributed by atoms with Crippen molar-refractivity contribution >= 4 is 11.8 Å².